The predicted octanol–water partition coefficient (Wildman–Crippen LogP) is 14.4. The Hall–Kier alpha value is -5.26. The number of allylic oxidation sites excluding steroid dienone is 2. The van der Waals surface area contributed by atoms with Crippen LogP contribution in [0.2, 0.25) is 0 Å². The van der Waals surface area contributed by atoms with E-state index in [1.54, 1.807) is 0 Å². The fourth-order valence-corrected chi connectivity index (χ4v) is 10.8. The van der Waals surface area contributed by atoms with Gasteiger partial charge in [-0.05, 0) is 130 Å². The number of fused-ring (bicyclic) bond motifs is 8. The van der Waals surface area contributed by atoms with Crippen molar-refractivity contribution in [2.24, 2.45) is 17.8 Å². The first kappa shape index (κ1) is 59.6. The van der Waals surface area contributed by atoms with Crippen LogP contribution in [-0.2, 0) is 43.1 Å². The smallest absolute Gasteiger partial charge is 0.469 e. The Kier molecular flexibility index (Phi) is 23.0. The van der Waals surface area contributed by atoms with Crippen LogP contribution >= 0.6 is 0 Å². The number of benzene rings is 1. The third-order valence-corrected chi connectivity index (χ3v) is 15.5. The van der Waals surface area contributed by atoms with Crippen LogP contribution < -0.4 is 5.32 Å². The van der Waals surface area contributed by atoms with Gasteiger partial charge in [0.1, 0.15) is 6.61 Å². The Morgan fingerprint density at radius 3 is 2.14 bits per heavy atom. The van der Waals surface area contributed by atoms with Crippen molar-refractivity contribution in [3.63, 3.8) is 0 Å². The number of rotatable bonds is 25. The summed E-state index contributed by atoms with van der Waals surface area (Å²) in [7, 11) is 1.36. The number of hydrogen-bond donors (Lipinski definition) is 3. The number of carbonyl (C=O) groups is 3. The average Bonchev–Trinajstić information content (AvgIpc) is 4.05. The first-order valence-electron chi connectivity index (χ1n) is 27.3. The van der Waals surface area contributed by atoms with Crippen LogP contribution in [0.5, 0.6) is 0 Å². The van der Waals surface area contributed by atoms with E-state index in [1.165, 1.54) is 57.6 Å². The molecule has 0 saturated heterocycles. The molecule has 1 aromatic carbocycles. The number of ether oxygens (including phenoxy) is 2. The van der Waals surface area contributed by atoms with E-state index in [9.17, 15) is 14.4 Å². The second-order valence-electron chi connectivity index (χ2n) is 21.6. The van der Waals surface area contributed by atoms with Gasteiger partial charge in [0.15, 0.2) is 0 Å². The molecule has 74 heavy (non-hydrogen) atoms. The molecular formula is C63H85MgN5O5+2. The zero-order valence-electron chi connectivity index (χ0n) is 46.8. The molecule has 5 heterocycles. The third kappa shape index (κ3) is 15.7. The minimum Gasteiger partial charge on any atom is -0.469 e. The summed E-state index contributed by atoms with van der Waals surface area (Å²) in [5.41, 5.74) is 14.2. The molecule has 4 unspecified atom stereocenters. The number of methoxy groups -OCH3 is 1. The van der Waals surface area contributed by atoms with E-state index in [-0.39, 0.29) is 66.2 Å². The fourth-order valence-electron chi connectivity index (χ4n) is 10.8. The maximum Gasteiger partial charge on any atom is 2.00 e. The third-order valence-electron chi connectivity index (χ3n) is 15.5. The molecule has 4 atom stereocenters. The first-order valence-corrected chi connectivity index (χ1v) is 27.3. The molecule has 0 saturated carbocycles. The van der Waals surface area contributed by atoms with Crippen LogP contribution in [0.25, 0.3) is 39.3 Å². The Morgan fingerprint density at radius 1 is 0.811 bits per heavy atom. The van der Waals surface area contributed by atoms with E-state index >= 15 is 0 Å². The maximum atomic E-state index is 14.6. The zero-order chi connectivity index (χ0) is 52.8. The van der Waals surface area contributed by atoms with Crippen molar-refractivity contribution in [3.05, 3.63) is 123 Å². The van der Waals surface area contributed by atoms with Crippen LogP contribution in [-0.4, -0.2) is 81.1 Å². The predicted molar refractivity (Wildman–Crippen MR) is 307 cm³/mol. The molecule has 0 aliphatic carbocycles. The summed E-state index contributed by atoms with van der Waals surface area (Å²) in [6, 6.07) is 16.3. The number of carbonyl (C=O) groups excluding carboxylic acids is 3. The summed E-state index contributed by atoms with van der Waals surface area (Å²) in [6.07, 6.45) is 16.9. The summed E-state index contributed by atoms with van der Waals surface area (Å²) in [5, 5.41) is 3.18. The van der Waals surface area contributed by atoms with Gasteiger partial charge in [0.2, 0.25) is 0 Å². The van der Waals surface area contributed by atoms with Gasteiger partial charge in [-0.1, -0.05) is 135 Å². The number of H-pyrrole nitrogens is 2. The topological polar surface area (TPSA) is 139 Å². The normalized spacial score (nSPS) is 15.4. The van der Waals surface area contributed by atoms with E-state index < -0.39 is 5.97 Å². The maximum absolute atomic E-state index is 14.6. The summed E-state index contributed by atoms with van der Waals surface area (Å²) >= 11 is 0. The van der Waals surface area contributed by atoms with Gasteiger partial charge in [0.25, 0.3) is 5.91 Å². The molecule has 4 aromatic rings. The van der Waals surface area contributed by atoms with Crippen molar-refractivity contribution in [3.8, 4) is 0 Å². The van der Waals surface area contributed by atoms with Crippen molar-refractivity contribution >= 4 is 80.2 Å². The Balaban J connectivity index is 0.0000101. The van der Waals surface area contributed by atoms with Crippen molar-refractivity contribution in [1.82, 2.24) is 25.3 Å². The molecule has 3 aromatic heterocycles. The van der Waals surface area contributed by atoms with Gasteiger partial charge < -0.3 is 24.8 Å². The van der Waals surface area contributed by atoms with Crippen LogP contribution in [0.3, 0.4) is 0 Å². The Bertz CT molecular complexity index is 2820. The summed E-state index contributed by atoms with van der Waals surface area (Å²) in [5.74, 6) is 0.738. The van der Waals surface area contributed by atoms with Gasteiger partial charge in [-0.2, -0.15) is 0 Å². The van der Waals surface area contributed by atoms with Crippen LogP contribution in [0.4, 0.5) is 0 Å². The Labute approximate surface area is 458 Å². The quantitative estimate of drug-likeness (QED) is 0.0341. The minimum atomic E-state index is -0.486. The van der Waals surface area contributed by atoms with E-state index in [0.717, 1.165) is 86.7 Å². The molecule has 2 aliphatic rings. The standard InChI is InChI=1S/C63H85N5O5.Mg/c1-13-48-43(8)52-36-54-45(10)50(29-30-58(69)73-34-32-42(7)26-20-25-41(6)24-19-23-40(5)22-18-21-39(3)4)61(67-54)51(35-59(70)72-12)62-60(63(71)64-33-31-47-27-16-15-17-28-47)46(11)55(68-62)38-57-49(14-2)44(9)53(66-57)37-56(48)65-52;/h13,15-17,27-28,32,36-41,45,50,65-66H,1,14,18-26,29-31,33-35H2,2-12H3,(H,64,71);/q;+2/b42-32+,52-36?,53-37?,54-36?,55-38?,56-37?,57-38?,61-51?,62-51?;. The largest absolute Gasteiger partial charge is 2.00 e. The molecule has 0 fully saturated rings. The Morgan fingerprint density at radius 2 is 1.47 bits per heavy atom. The second kappa shape index (κ2) is 28.6. The van der Waals surface area contributed by atoms with Crippen LogP contribution in [0.1, 0.15) is 194 Å². The van der Waals surface area contributed by atoms with Gasteiger partial charge in [-0.25, -0.2) is 4.98 Å². The zero-order valence-corrected chi connectivity index (χ0v) is 48.2. The average molecular weight is 1020 g/mol. The molecule has 392 valence electrons. The number of nitrogens with one attached hydrogen (secondary N) is 3. The number of nitrogens with zero attached hydrogens (tertiary/aromatic N) is 2. The number of esters is 2. The molecule has 10 nitrogen and oxygen atoms in total. The number of aryl methyl sites for hydroxylation is 3. The molecule has 0 spiro atoms. The van der Waals surface area contributed by atoms with E-state index in [2.05, 4.69) is 96.3 Å². The van der Waals surface area contributed by atoms with Gasteiger partial charge in [0, 0.05) is 63.7 Å². The molecule has 11 heteroatoms. The molecule has 3 N–H and O–H groups in total. The summed E-state index contributed by atoms with van der Waals surface area (Å²) < 4.78 is 11.2. The molecule has 6 rings (SSSR count). The number of hydrogen-bond acceptors (Lipinski definition) is 7. The summed E-state index contributed by atoms with van der Waals surface area (Å²) in [4.78, 5) is 59.9. The second-order valence-corrected chi connectivity index (χ2v) is 21.6. The number of amides is 1. The van der Waals surface area contributed by atoms with Crippen LogP contribution in [0, 0.1) is 31.6 Å². The van der Waals surface area contributed by atoms with Gasteiger partial charge in [0.05, 0.1) is 36.2 Å². The van der Waals surface area contributed by atoms with Crippen LogP contribution in [0.15, 0.2) is 66.8 Å². The fraction of sp³-hybridized carbons (Fsp3) is 0.508. The summed E-state index contributed by atoms with van der Waals surface area (Å²) in [6.45, 7) is 26.7. The molecular weight excluding hydrogens is 931 g/mol. The van der Waals surface area contributed by atoms with Crippen molar-refractivity contribution in [2.45, 2.75) is 171 Å². The SMILES string of the molecule is C=Cc1c(C)c2cc3nc(c(CC(=O)OC)c4nc(cc5[nH]c(cc1[nH]2)c(C)c5CC)C(C)=C4C(=O)NCCc1ccccc1)C(CCC(=O)OC/C=C(\C)CCCC(C)CCCC(C)CCCC(C)C)C3C.[Mg+2]. The number of aromatic nitrogens is 4. The first-order chi connectivity index (χ1) is 35.0. The van der Waals surface area contributed by atoms with E-state index in [1.807, 2.05) is 55.5 Å². The van der Waals surface area contributed by atoms with Gasteiger partial charge in [-0.15, -0.1) is 0 Å². The minimum absolute atomic E-state index is 0. The monoisotopic (exact) mass is 1020 g/mol. The molecule has 8 bridgehead atoms. The van der Waals surface area contributed by atoms with Gasteiger partial charge >= 0.3 is 35.0 Å². The van der Waals surface area contributed by atoms with Gasteiger partial charge in [-0.3, -0.25) is 19.4 Å². The number of aromatic amines is 2. The molecule has 0 radical (unpaired) electrons. The molecule has 1 amide bonds. The van der Waals surface area contributed by atoms with E-state index in [0.29, 0.717) is 59.1 Å². The van der Waals surface area contributed by atoms with Crippen molar-refractivity contribution < 1.29 is 23.9 Å². The van der Waals surface area contributed by atoms with E-state index in [4.69, 9.17) is 19.4 Å². The molecule has 2 aliphatic heterocycles. The van der Waals surface area contributed by atoms with Crippen molar-refractivity contribution in [1.29, 1.82) is 0 Å². The van der Waals surface area contributed by atoms with Crippen molar-refractivity contribution in [2.75, 3.05) is 20.3 Å².